The summed E-state index contributed by atoms with van der Waals surface area (Å²) in [6.45, 7) is 1.43. The van der Waals surface area contributed by atoms with Crippen LogP contribution in [0.25, 0.3) is 22.2 Å². The van der Waals surface area contributed by atoms with Gasteiger partial charge in [0.1, 0.15) is 0 Å². The zero-order chi connectivity index (χ0) is 18.9. The highest BCUT2D eigenvalue weighted by Gasteiger charge is 2.30. The topological polar surface area (TPSA) is 74.8 Å². The van der Waals surface area contributed by atoms with Crippen LogP contribution in [0.4, 0.5) is 0 Å². The van der Waals surface area contributed by atoms with Crippen molar-refractivity contribution in [1.29, 1.82) is 0 Å². The van der Waals surface area contributed by atoms with Crippen LogP contribution in [0.2, 0.25) is 0 Å². The molecule has 5 rings (SSSR count). The van der Waals surface area contributed by atoms with Crippen molar-refractivity contribution in [1.82, 2.24) is 25.1 Å². The van der Waals surface area contributed by atoms with Gasteiger partial charge in [0, 0.05) is 48.5 Å². The third-order valence-electron chi connectivity index (χ3n) is 5.38. The van der Waals surface area contributed by atoms with Crippen LogP contribution in [-0.4, -0.2) is 44.1 Å². The molecule has 1 N–H and O–H groups in total. The minimum atomic E-state index is -0.0108. The summed E-state index contributed by atoms with van der Waals surface area (Å²) in [6.07, 6.45) is 6.33. The zero-order valence-electron chi connectivity index (χ0n) is 15.2. The summed E-state index contributed by atoms with van der Waals surface area (Å²) in [5.74, 6) is 0.293. The summed E-state index contributed by atoms with van der Waals surface area (Å²) in [5, 5.41) is 8.08. The average molecular weight is 369 g/mol. The highest BCUT2D eigenvalue weighted by Crippen LogP contribution is 2.30. The fraction of sp³-hybridized carbons (Fsp3) is 0.182. The number of carbonyl (C=O) groups excluding carboxylic acids is 1. The van der Waals surface area contributed by atoms with Crippen molar-refractivity contribution in [2.75, 3.05) is 13.1 Å². The van der Waals surface area contributed by atoms with Gasteiger partial charge in [-0.1, -0.05) is 18.2 Å². The molecule has 1 unspecified atom stereocenters. The van der Waals surface area contributed by atoms with Crippen molar-refractivity contribution in [2.24, 2.45) is 0 Å². The lowest BCUT2D eigenvalue weighted by Gasteiger charge is -2.16. The van der Waals surface area contributed by atoms with Gasteiger partial charge in [0.25, 0.3) is 5.91 Å². The van der Waals surface area contributed by atoms with E-state index in [4.69, 9.17) is 0 Å². The van der Waals surface area contributed by atoms with Crippen LogP contribution >= 0.6 is 0 Å². The number of hydrogen-bond acceptors (Lipinski definition) is 4. The molecule has 4 aromatic rings. The molecule has 0 spiro atoms. The van der Waals surface area contributed by atoms with Crippen LogP contribution in [0.1, 0.15) is 28.4 Å². The van der Waals surface area contributed by atoms with Gasteiger partial charge in [0.05, 0.1) is 11.2 Å². The Bertz CT molecular complexity index is 1140. The lowest BCUT2D eigenvalue weighted by molar-refractivity contribution is 0.0787. The SMILES string of the molecule is O=C(c1n[nH]c2ccccc12)N1CCC(c2ccnc(-c3ccncc3)c2)C1. The van der Waals surface area contributed by atoms with Crippen molar-refractivity contribution in [3.63, 3.8) is 0 Å². The molecule has 1 amide bonds. The van der Waals surface area contributed by atoms with Crippen LogP contribution in [0, 0.1) is 0 Å². The Morgan fingerprint density at radius 2 is 1.93 bits per heavy atom. The average Bonchev–Trinajstić information content (AvgIpc) is 3.42. The highest BCUT2D eigenvalue weighted by atomic mass is 16.2. The Labute approximate surface area is 162 Å². The fourth-order valence-corrected chi connectivity index (χ4v) is 3.87. The number of aromatic nitrogens is 4. The molecule has 0 saturated carbocycles. The maximum absolute atomic E-state index is 13.0. The Kier molecular flexibility index (Phi) is 4.09. The molecule has 6 heteroatoms. The molecule has 6 nitrogen and oxygen atoms in total. The van der Waals surface area contributed by atoms with E-state index in [2.05, 4.69) is 26.2 Å². The lowest BCUT2D eigenvalue weighted by Crippen LogP contribution is -2.28. The second-order valence-electron chi connectivity index (χ2n) is 7.06. The predicted molar refractivity (Wildman–Crippen MR) is 107 cm³/mol. The summed E-state index contributed by atoms with van der Waals surface area (Å²) in [5.41, 5.74) is 4.58. The van der Waals surface area contributed by atoms with Crippen LogP contribution in [0.15, 0.2) is 67.1 Å². The van der Waals surface area contributed by atoms with E-state index in [0.29, 0.717) is 18.2 Å². The number of fused-ring (bicyclic) bond motifs is 1. The van der Waals surface area contributed by atoms with E-state index < -0.39 is 0 Å². The van der Waals surface area contributed by atoms with E-state index in [1.54, 1.807) is 12.4 Å². The van der Waals surface area contributed by atoms with Gasteiger partial charge in [-0.05, 0) is 42.3 Å². The van der Waals surface area contributed by atoms with E-state index in [1.807, 2.05) is 53.6 Å². The molecule has 1 fully saturated rings. The molecule has 1 aromatic carbocycles. The third-order valence-corrected chi connectivity index (χ3v) is 5.38. The summed E-state index contributed by atoms with van der Waals surface area (Å²) in [4.78, 5) is 23.5. The molecular formula is C22H19N5O. The van der Waals surface area contributed by atoms with Crippen molar-refractivity contribution in [2.45, 2.75) is 12.3 Å². The lowest BCUT2D eigenvalue weighted by atomic mass is 9.97. The number of para-hydroxylation sites is 1. The first-order chi connectivity index (χ1) is 13.8. The standard InChI is InChI=1S/C22H19N5O/c28-22(21-18-3-1-2-4-19(18)25-26-21)27-12-8-17(14-27)16-7-11-24-20(13-16)15-5-9-23-10-6-15/h1-7,9-11,13,17H,8,12,14H2,(H,25,26). The number of rotatable bonds is 3. The first-order valence-electron chi connectivity index (χ1n) is 9.38. The van der Waals surface area contributed by atoms with E-state index in [9.17, 15) is 4.79 Å². The van der Waals surface area contributed by atoms with Crippen molar-refractivity contribution in [3.8, 4) is 11.3 Å². The Morgan fingerprint density at radius 1 is 1.07 bits per heavy atom. The smallest absolute Gasteiger partial charge is 0.275 e. The maximum Gasteiger partial charge on any atom is 0.275 e. The fourth-order valence-electron chi connectivity index (χ4n) is 3.87. The van der Waals surface area contributed by atoms with Gasteiger partial charge in [0.15, 0.2) is 5.69 Å². The number of amides is 1. The number of aromatic amines is 1. The van der Waals surface area contributed by atoms with E-state index in [-0.39, 0.29) is 5.91 Å². The van der Waals surface area contributed by atoms with Crippen molar-refractivity contribution >= 4 is 16.8 Å². The van der Waals surface area contributed by atoms with E-state index in [0.717, 1.165) is 35.1 Å². The number of hydrogen-bond donors (Lipinski definition) is 1. The minimum Gasteiger partial charge on any atom is -0.337 e. The molecule has 3 aromatic heterocycles. The molecule has 1 atom stereocenters. The summed E-state index contributed by atoms with van der Waals surface area (Å²) in [7, 11) is 0. The molecule has 4 heterocycles. The first kappa shape index (κ1) is 16.6. The van der Waals surface area contributed by atoms with Gasteiger partial charge in [-0.25, -0.2) is 0 Å². The summed E-state index contributed by atoms with van der Waals surface area (Å²) in [6, 6.07) is 15.8. The van der Waals surface area contributed by atoms with E-state index >= 15 is 0 Å². The number of carbonyl (C=O) groups is 1. The quantitative estimate of drug-likeness (QED) is 0.598. The molecule has 0 bridgehead atoms. The number of nitrogens with one attached hydrogen (secondary N) is 1. The van der Waals surface area contributed by atoms with Gasteiger partial charge in [-0.15, -0.1) is 0 Å². The minimum absolute atomic E-state index is 0.0108. The molecule has 28 heavy (non-hydrogen) atoms. The second-order valence-corrected chi connectivity index (χ2v) is 7.06. The van der Waals surface area contributed by atoms with Crippen molar-refractivity contribution < 1.29 is 4.79 Å². The number of likely N-dealkylation sites (tertiary alicyclic amines) is 1. The van der Waals surface area contributed by atoms with Gasteiger partial charge < -0.3 is 4.90 Å². The summed E-state index contributed by atoms with van der Waals surface area (Å²) >= 11 is 0. The monoisotopic (exact) mass is 369 g/mol. The van der Waals surface area contributed by atoms with Crippen LogP contribution in [-0.2, 0) is 0 Å². The number of pyridine rings is 2. The zero-order valence-corrected chi connectivity index (χ0v) is 15.2. The molecule has 1 aliphatic rings. The maximum atomic E-state index is 13.0. The third kappa shape index (κ3) is 2.93. The molecule has 1 saturated heterocycles. The van der Waals surface area contributed by atoms with Crippen LogP contribution in [0.5, 0.6) is 0 Å². The van der Waals surface area contributed by atoms with Gasteiger partial charge in [-0.3, -0.25) is 19.9 Å². The molecule has 0 radical (unpaired) electrons. The number of nitrogens with zero attached hydrogens (tertiary/aromatic N) is 4. The Balaban J connectivity index is 1.37. The van der Waals surface area contributed by atoms with Crippen molar-refractivity contribution in [3.05, 3.63) is 78.4 Å². The first-order valence-corrected chi connectivity index (χ1v) is 9.38. The predicted octanol–water partition coefficient (Wildman–Crippen LogP) is 3.65. The second kappa shape index (κ2) is 6.88. The van der Waals surface area contributed by atoms with Gasteiger partial charge >= 0.3 is 0 Å². The summed E-state index contributed by atoms with van der Waals surface area (Å²) < 4.78 is 0. The number of benzene rings is 1. The molecule has 0 aliphatic carbocycles. The molecule has 1 aliphatic heterocycles. The largest absolute Gasteiger partial charge is 0.337 e. The molecular weight excluding hydrogens is 350 g/mol. The highest BCUT2D eigenvalue weighted by molar-refractivity contribution is 6.04. The van der Waals surface area contributed by atoms with Crippen LogP contribution in [0.3, 0.4) is 0 Å². The van der Waals surface area contributed by atoms with E-state index in [1.165, 1.54) is 5.56 Å². The Morgan fingerprint density at radius 3 is 2.82 bits per heavy atom. The normalized spacial score (nSPS) is 16.6. The number of H-pyrrole nitrogens is 1. The van der Waals surface area contributed by atoms with Gasteiger partial charge in [0.2, 0.25) is 0 Å². The van der Waals surface area contributed by atoms with Crippen LogP contribution < -0.4 is 0 Å². The Hall–Kier alpha value is -3.54. The molecule has 138 valence electrons. The van der Waals surface area contributed by atoms with Gasteiger partial charge in [-0.2, -0.15) is 5.10 Å².